The Morgan fingerprint density at radius 1 is 1.00 bits per heavy atom. The molecular weight excluding hydrogens is 276 g/mol. The van der Waals surface area contributed by atoms with Gasteiger partial charge in [-0.3, -0.25) is 4.79 Å². The van der Waals surface area contributed by atoms with E-state index in [0.29, 0.717) is 5.56 Å². The summed E-state index contributed by atoms with van der Waals surface area (Å²) in [5.74, 6) is -0.926. The third kappa shape index (κ3) is 6.81. The zero-order valence-electron chi connectivity index (χ0n) is 11.4. The van der Waals surface area contributed by atoms with Crippen LogP contribution in [-0.2, 0) is 17.8 Å². The monoisotopic (exact) mass is 294 g/mol. The summed E-state index contributed by atoms with van der Waals surface area (Å²) >= 11 is 0. The van der Waals surface area contributed by atoms with Crippen LogP contribution < -0.4 is 21.7 Å². The average molecular weight is 294 g/mol. The Bertz CT molecular complexity index is 519. The summed E-state index contributed by atoms with van der Waals surface area (Å²) in [7, 11) is 0. The quantitative estimate of drug-likeness (QED) is 0.444. The average Bonchev–Trinajstić information content (AvgIpc) is 2.42. The van der Waals surface area contributed by atoms with E-state index in [0.717, 1.165) is 5.56 Å². The molecule has 1 rings (SSSR count). The first kappa shape index (κ1) is 16.3. The molecule has 0 spiro atoms. The van der Waals surface area contributed by atoms with Crippen LogP contribution in [0.25, 0.3) is 0 Å². The molecule has 0 saturated carbocycles. The number of rotatable bonds is 7. The number of carboxylic acid groups (broad SMARTS) is 1. The second kappa shape index (κ2) is 8.41. The number of carbonyl (C=O) groups excluding carboxylic acids is 2. The van der Waals surface area contributed by atoms with Crippen molar-refractivity contribution >= 4 is 18.0 Å². The van der Waals surface area contributed by atoms with Gasteiger partial charge in [-0.15, -0.1) is 0 Å². The van der Waals surface area contributed by atoms with Crippen LogP contribution in [-0.4, -0.2) is 36.2 Å². The number of carbonyl (C=O) groups is 3. The predicted molar refractivity (Wildman–Crippen MR) is 75.6 cm³/mol. The molecule has 0 aliphatic heterocycles. The maximum Gasteiger partial charge on any atom is 0.315 e. The molecule has 0 saturated heterocycles. The molecule has 0 heterocycles. The minimum absolute atomic E-state index is 0.0952. The summed E-state index contributed by atoms with van der Waals surface area (Å²) in [6.45, 7) is 0.697. The molecule has 0 radical (unpaired) electrons. The van der Waals surface area contributed by atoms with Crippen LogP contribution in [0.4, 0.5) is 9.59 Å². The minimum Gasteiger partial charge on any atom is -0.481 e. The van der Waals surface area contributed by atoms with Crippen molar-refractivity contribution in [1.82, 2.24) is 16.0 Å². The lowest BCUT2D eigenvalue weighted by atomic mass is 10.0. The highest BCUT2D eigenvalue weighted by atomic mass is 16.4. The van der Waals surface area contributed by atoms with E-state index in [4.69, 9.17) is 10.8 Å². The molecule has 4 amide bonds. The number of hydrogen-bond acceptors (Lipinski definition) is 3. The molecular formula is C13H18N4O4. The van der Waals surface area contributed by atoms with Gasteiger partial charge in [0.2, 0.25) is 0 Å². The van der Waals surface area contributed by atoms with Crippen molar-refractivity contribution in [2.75, 3.05) is 13.1 Å². The van der Waals surface area contributed by atoms with Crippen LogP contribution in [0.3, 0.4) is 0 Å². The van der Waals surface area contributed by atoms with Crippen LogP contribution in [0, 0.1) is 0 Å². The van der Waals surface area contributed by atoms with Gasteiger partial charge < -0.3 is 26.8 Å². The van der Waals surface area contributed by atoms with E-state index >= 15 is 0 Å². The molecule has 0 bridgehead atoms. The number of urea groups is 2. The molecule has 0 unspecified atom stereocenters. The van der Waals surface area contributed by atoms with Crippen LogP contribution >= 0.6 is 0 Å². The number of primary amides is 1. The molecule has 21 heavy (non-hydrogen) atoms. The lowest BCUT2D eigenvalue weighted by Gasteiger charge is -2.10. The van der Waals surface area contributed by atoms with Gasteiger partial charge in [-0.1, -0.05) is 24.3 Å². The van der Waals surface area contributed by atoms with Gasteiger partial charge >= 0.3 is 18.0 Å². The largest absolute Gasteiger partial charge is 0.481 e. The Labute approximate surface area is 121 Å². The Kier molecular flexibility index (Phi) is 6.52. The predicted octanol–water partition coefficient (Wildman–Crippen LogP) is -0.219. The number of aliphatic carboxylic acids is 1. The van der Waals surface area contributed by atoms with E-state index < -0.39 is 18.0 Å². The summed E-state index contributed by atoms with van der Waals surface area (Å²) in [4.78, 5) is 32.7. The van der Waals surface area contributed by atoms with Crippen molar-refractivity contribution in [2.45, 2.75) is 13.0 Å². The third-order valence-corrected chi connectivity index (χ3v) is 2.61. The van der Waals surface area contributed by atoms with Gasteiger partial charge in [0.25, 0.3) is 0 Å². The zero-order chi connectivity index (χ0) is 15.7. The number of carboxylic acids is 1. The summed E-state index contributed by atoms with van der Waals surface area (Å²) in [5, 5.41) is 16.3. The highest BCUT2D eigenvalue weighted by Crippen LogP contribution is 2.09. The van der Waals surface area contributed by atoms with Crippen LogP contribution in [0.5, 0.6) is 0 Å². The van der Waals surface area contributed by atoms with Crippen molar-refractivity contribution in [1.29, 1.82) is 0 Å². The Hall–Kier alpha value is -2.77. The van der Waals surface area contributed by atoms with Gasteiger partial charge in [0, 0.05) is 19.6 Å². The fourth-order valence-corrected chi connectivity index (χ4v) is 1.67. The Balaban J connectivity index is 2.39. The van der Waals surface area contributed by atoms with Crippen LogP contribution in [0.1, 0.15) is 11.1 Å². The normalized spacial score (nSPS) is 9.71. The minimum atomic E-state index is -0.926. The fourth-order valence-electron chi connectivity index (χ4n) is 1.67. The van der Waals surface area contributed by atoms with E-state index in [-0.39, 0.29) is 26.1 Å². The van der Waals surface area contributed by atoms with Crippen molar-refractivity contribution in [2.24, 2.45) is 5.73 Å². The molecule has 8 heteroatoms. The molecule has 0 aliphatic carbocycles. The van der Waals surface area contributed by atoms with Crippen LogP contribution in [0.2, 0.25) is 0 Å². The van der Waals surface area contributed by atoms with Crippen molar-refractivity contribution in [3.63, 3.8) is 0 Å². The summed E-state index contributed by atoms with van der Waals surface area (Å²) in [6, 6.07) is 5.92. The molecule has 0 fully saturated rings. The van der Waals surface area contributed by atoms with Crippen molar-refractivity contribution in [3.05, 3.63) is 35.4 Å². The SMILES string of the molecule is NC(=O)NCCNC(=O)NCc1ccccc1CC(=O)O. The van der Waals surface area contributed by atoms with E-state index in [1.54, 1.807) is 24.3 Å². The van der Waals surface area contributed by atoms with Crippen molar-refractivity contribution < 1.29 is 19.5 Å². The van der Waals surface area contributed by atoms with Gasteiger partial charge in [-0.25, -0.2) is 9.59 Å². The van der Waals surface area contributed by atoms with Gasteiger partial charge in [-0.2, -0.15) is 0 Å². The standard InChI is InChI=1S/C13H18N4O4/c14-12(20)15-5-6-16-13(21)17-8-10-4-2-1-3-9(10)7-11(18)19/h1-4H,5-8H2,(H,18,19)(H3,14,15,20)(H2,16,17,21). The lowest BCUT2D eigenvalue weighted by molar-refractivity contribution is -0.136. The van der Waals surface area contributed by atoms with E-state index in [1.165, 1.54) is 0 Å². The van der Waals surface area contributed by atoms with Gasteiger partial charge in [0.15, 0.2) is 0 Å². The fraction of sp³-hybridized carbons (Fsp3) is 0.308. The molecule has 0 aromatic heterocycles. The summed E-state index contributed by atoms with van der Waals surface area (Å²) < 4.78 is 0. The zero-order valence-corrected chi connectivity index (χ0v) is 11.4. The van der Waals surface area contributed by atoms with E-state index in [9.17, 15) is 14.4 Å². The molecule has 6 N–H and O–H groups in total. The number of hydrogen-bond donors (Lipinski definition) is 5. The summed E-state index contributed by atoms with van der Waals surface area (Å²) in [6.07, 6.45) is -0.0952. The van der Waals surface area contributed by atoms with E-state index in [1.807, 2.05) is 0 Å². The maximum atomic E-state index is 11.5. The number of amides is 4. The first-order chi connectivity index (χ1) is 9.99. The van der Waals surface area contributed by atoms with Crippen LogP contribution in [0.15, 0.2) is 24.3 Å². The molecule has 0 aliphatic rings. The Morgan fingerprint density at radius 2 is 1.62 bits per heavy atom. The first-order valence-electron chi connectivity index (χ1n) is 6.32. The van der Waals surface area contributed by atoms with E-state index in [2.05, 4.69) is 16.0 Å². The molecule has 0 atom stereocenters. The molecule has 1 aromatic rings. The third-order valence-electron chi connectivity index (χ3n) is 2.61. The number of nitrogens with one attached hydrogen (secondary N) is 3. The van der Waals surface area contributed by atoms with Gasteiger partial charge in [0.05, 0.1) is 6.42 Å². The summed E-state index contributed by atoms with van der Waals surface area (Å²) in [5.41, 5.74) is 6.27. The van der Waals surface area contributed by atoms with Gasteiger partial charge in [-0.05, 0) is 11.1 Å². The number of nitrogens with two attached hydrogens (primary N) is 1. The second-order valence-corrected chi connectivity index (χ2v) is 4.24. The Morgan fingerprint density at radius 3 is 2.24 bits per heavy atom. The maximum absolute atomic E-state index is 11.5. The topological polar surface area (TPSA) is 134 Å². The molecule has 114 valence electrons. The smallest absolute Gasteiger partial charge is 0.315 e. The molecule has 8 nitrogen and oxygen atoms in total. The first-order valence-corrected chi connectivity index (χ1v) is 6.32. The molecule has 1 aromatic carbocycles. The van der Waals surface area contributed by atoms with Gasteiger partial charge in [0.1, 0.15) is 0 Å². The highest BCUT2D eigenvalue weighted by molar-refractivity contribution is 5.74. The lowest BCUT2D eigenvalue weighted by Crippen LogP contribution is -2.41. The number of benzene rings is 1. The highest BCUT2D eigenvalue weighted by Gasteiger charge is 2.07. The van der Waals surface area contributed by atoms with Crippen molar-refractivity contribution in [3.8, 4) is 0 Å². The second-order valence-electron chi connectivity index (χ2n) is 4.24.